The second kappa shape index (κ2) is 9.69. The van der Waals surface area contributed by atoms with Crippen molar-refractivity contribution in [3.8, 4) is 5.75 Å². The summed E-state index contributed by atoms with van der Waals surface area (Å²) < 4.78 is 55.5. The zero-order chi connectivity index (χ0) is 21.3. The van der Waals surface area contributed by atoms with E-state index in [1.807, 2.05) is 0 Å². The van der Waals surface area contributed by atoms with Gasteiger partial charge in [-0.05, 0) is 24.3 Å². The zero-order valence-electron chi connectivity index (χ0n) is 17.1. The van der Waals surface area contributed by atoms with Crippen LogP contribution in [0.3, 0.4) is 0 Å². The van der Waals surface area contributed by atoms with Gasteiger partial charge >= 0.3 is 37.7 Å². The Hall–Kier alpha value is -1.28. The van der Waals surface area contributed by atoms with E-state index in [4.69, 9.17) is 16.2 Å². The molecule has 0 atom stereocenters. The normalized spacial score (nSPS) is 11.9. The predicted molar refractivity (Wildman–Crippen MR) is 109 cm³/mol. The molecule has 29 heavy (non-hydrogen) atoms. The van der Waals surface area contributed by atoms with E-state index in [9.17, 15) is 26.7 Å². The molecule has 154 valence electrons. The minimum Gasteiger partial charge on any atom is -1.00 e. The van der Waals surface area contributed by atoms with Gasteiger partial charge < -0.3 is 13.3 Å². The molecule has 0 radical (unpaired) electrons. The van der Waals surface area contributed by atoms with Gasteiger partial charge in [0.1, 0.15) is 17.1 Å². The van der Waals surface area contributed by atoms with Gasteiger partial charge in [0.2, 0.25) is 5.91 Å². The number of benzene rings is 2. The summed E-state index contributed by atoms with van der Waals surface area (Å²) in [7, 11) is -8.56. The van der Waals surface area contributed by atoms with Crippen molar-refractivity contribution >= 4 is 92.3 Å². The van der Waals surface area contributed by atoms with E-state index in [-0.39, 0.29) is 68.4 Å². The largest absolute Gasteiger partial charge is 2.00 e. The first-order chi connectivity index (χ1) is 12.8. The van der Waals surface area contributed by atoms with Gasteiger partial charge in [-0.1, -0.05) is 11.6 Å². The molecular formula is C15H16CaClN3O7S2. The molecule has 10 nitrogen and oxygen atoms in total. The summed E-state index contributed by atoms with van der Waals surface area (Å²) in [4.78, 5) is 10.2. The van der Waals surface area contributed by atoms with Crippen molar-refractivity contribution < 1.29 is 34.1 Å². The average Bonchev–Trinajstić information content (AvgIpc) is 2.54. The van der Waals surface area contributed by atoms with Gasteiger partial charge in [0.05, 0.1) is 20.5 Å². The molecule has 14 heteroatoms. The van der Waals surface area contributed by atoms with E-state index in [2.05, 4.69) is 15.5 Å². The number of anilines is 1. The van der Waals surface area contributed by atoms with Crippen molar-refractivity contribution in [1.82, 2.24) is 0 Å². The Bertz CT molecular complexity index is 1210. The standard InChI is InChI=1S/C15H14ClN3O7S2.Ca.2H/c1-8(20)17-12-7-14(21)10(16)6-13(12)19-18-11-4-3-9(28(24,25)26)5-15(11)27(2,22)23;;;/h3-7,21H,1-2H3,(H,17,20)(H,24,25,26);;;/q;+2;2*-1. The predicted octanol–water partition coefficient (Wildman–Crippen LogP) is 2.91. The Kier molecular flexibility index (Phi) is 8.60. The van der Waals surface area contributed by atoms with Crippen LogP contribution in [0.1, 0.15) is 9.78 Å². The number of hydrogen-bond acceptors (Lipinski definition) is 8. The molecule has 0 bridgehead atoms. The van der Waals surface area contributed by atoms with Crippen LogP contribution in [-0.2, 0) is 24.7 Å². The fraction of sp³-hybridized carbons (Fsp3) is 0.133. The van der Waals surface area contributed by atoms with Gasteiger partial charge in [0.15, 0.2) is 9.84 Å². The summed E-state index contributed by atoms with van der Waals surface area (Å²) >= 11 is 5.82. The summed E-state index contributed by atoms with van der Waals surface area (Å²) in [6, 6.07) is 5.08. The number of sulfone groups is 1. The summed E-state index contributed by atoms with van der Waals surface area (Å²) in [5, 5.41) is 19.6. The maximum absolute atomic E-state index is 12.0. The molecule has 2 aromatic rings. The first-order valence-electron chi connectivity index (χ1n) is 7.32. The van der Waals surface area contributed by atoms with Crippen molar-refractivity contribution in [1.29, 1.82) is 0 Å². The fourth-order valence-electron chi connectivity index (χ4n) is 2.07. The number of carbonyl (C=O) groups is 1. The van der Waals surface area contributed by atoms with Crippen molar-refractivity contribution in [2.24, 2.45) is 10.2 Å². The molecule has 0 fully saturated rings. The molecule has 2 aromatic carbocycles. The van der Waals surface area contributed by atoms with E-state index in [0.29, 0.717) is 0 Å². The molecule has 0 unspecified atom stereocenters. The Morgan fingerprint density at radius 1 is 1.10 bits per heavy atom. The van der Waals surface area contributed by atoms with E-state index >= 15 is 0 Å². The molecule has 0 aliphatic heterocycles. The Labute approximate surface area is 204 Å². The van der Waals surface area contributed by atoms with Crippen LogP contribution < -0.4 is 5.32 Å². The van der Waals surface area contributed by atoms with Crippen LogP contribution in [0.2, 0.25) is 5.02 Å². The number of nitrogens with one attached hydrogen (secondary N) is 1. The Morgan fingerprint density at radius 2 is 1.69 bits per heavy atom. The SMILES string of the molecule is CC(=O)Nc1cc(O)c(Cl)cc1N=Nc1ccc(S(=O)(=O)O)cc1S(C)(=O)=O.[Ca+2].[H-].[H-]. The Balaban J connectivity index is 0. The number of aromatic hydroxyl groups is 1. The molecule has 0 spiro atoms. The van der Waals surface area contributed by atoms with Gasteiger partial charge in [-0.3, -0.25) is 9.35 Å². The minimum atomic E-state index is -4.63. The maximum Gasteiger partial charge on any atom is 2.00 e. The number of azo groups is 1. The molecule has 0 aliphatic carbocycles. The molecule has 3 N–H and O–H groups in total. The van der Waals surface area contributed by atoms with Crippen LogP contribution in [0, 0.1) is 0 Å². The van der Waals surface area contributed by atoms with Crippen molar-refractivity contribution in [3.05, 3.63) is 35.4 Å². The van der Waals surface area contributed by atoms with Crippen LogP contribution in [0.4, 0.5) is 17.1 Å². The second-order valence-electron chi connectivity index (χ2n) is 5.58. The summed E-state index contributed by atoms with van der Waals surface area (Å²) in [6.45, 7) is 1.22. The third-order valence-corrected chi connectivity index (χ3v) is 5.55. The molecule has 0 aromatic heterocycles. The molecular weight excluding hydrogens is 474 g/mol. The number of rotatable bonds is 5. The van der Waals surface area contributed by atoms with Crippen LogP contribution >= 0.6 is 11.6 Å². The third kappa shape index (κ3) is 6.88. The topological polar surface area (TPSA) is 163 Å². The van der Waals surface area contributed by atoms with Crippen LogP contribution in [-0.4, -0.2) is 76.4 Å². The molecule has 0 saturated carbocycles. The van der Waals surface area contributed by atoms with Crippen LogP contribution in [0.25, 0.3) is 0 Å². The van der Waals surface area contributed by atoms with Gasteiger partial charge in [-0.15, -0.1) is 10.2 Å². The number of hydrogen-bond donors (Lipinski definition) is 3. The zero-order valence-corrected chi connectivity index (χ0v) is 19.7. The van der Waals surface area contributed by atoms with Crippen LogP contribution in [0.15, 0.2) is 50.4 Å². The molecule has 2 rings (SSSR count). The van der Waals surface area contributed by atoms with E-state index < -0.39 is 35.7 Å². The van der Waals surface area contributed by atoms with E-state index in [1.54, 1.807) is 0 Å². The quantitative estimate of drug-likeness (QED) is 0.330. The van der Waals surface area contributed by atoms with E-state index in [1.165, 1.54) is 13.0 Å². The van der Waals surface area contributed by atoms with E-state index in [0.717, 1.165) is 30.5 Å². The average molecular weight is 490 g/mol. The van der Waals surface area contributed by atoms with Gasteiger partial charge in [-0.2, -0.15) is 8.42 Å². The van der Waals surface area contributed by atoms with Crippen molar-refractivity contribution in [2.45, 2.75) is 16.7 Å². The fourth-order valence-corrected chi connectivity index (χ4v) is 3.64. The summed E-state index contributed by atoms with van der Waals surface area (Å²) in [5.74, 6) is -0.786. The smallest absolute Gasteiger partial charge is 1.00 e. The summed E-state index contributed by atoms with van der Waals surface area (Å²) in [6.07, 6.45) is 0.829. The first kappa shape index (κ1) is 25.8. The number of amides is 1. The van der Waals surface area contributed by atoms with Gasteiger partial charge in [0.25, 0.3) is 10.1 Å². The number of halogens is 1. The second-order valence-corrected chi connectivity index (χ2v) is 9.39. The van der Waals surface area contributed by atoms with Crippen molar-refractivity contribution in [3.63, 3.8) is 0 Å². The minimum absolute atomic E-state index is 0. The number of nitrogens with zero attached hydrogens (tertiary/aromatic N) is 2. The maximum atomic E-state index is 12.0. The Morgan fingerprint density at radius 3 is 2.21 bits per heavy atom. The summed E-state index contributed by atoms with van der Waals surface area (Å²) in [5.41, 5.74) is -0.141. The molecule has 0 heterocycles. The molecule has 0 aliphatic rings. The van der Waals surface area contributed by atoms with Crippen molar-refractivity contribution in [2.75, 3.05) is 11.6 Å². The molecule has 1 amide bonds. The first-order valence-corrected chi connectivity index (χ1v) is 11.0. The number of phenolic OH excluding ortho intramolecular Hbond substituents is 1. The third-order valence-electron chi connectivity index (χ3n) is 3.27. The number of phenols is 1. The monoisotopic (exact) mass is 489 g/mol. The van der Waals surface area contributed by atoms with Crippen LogP contribution in [0.5, 0.6) is 5.75 Å². The van der Waals surface area contributed by atoms with Gasteiger partial charge in [0, 0.05) is 19.2 Å². The number of carbonyl (C=O) groups excluding carboxylic acids is 1. The molecule has 0 saturated heterocycles. The van der Waals surface area contributed by atoms with Gasteiger partial charge in [-0.25, -0.2) is 8.42 Å².